The molecular weight excluding hydrogens is 432 g/mol. The number of carbonyl (C=O) groups excluding carboxylic acids is 2. The van der Waals surface area contributed by atoms with Crippen LogP contribution in [0.1, 0.15) is 41.6 Å². The largest absolute Gasteiger partial charge is 0.329 e. The van der Waals surface area contributed by atoms with Crippen LogP contribution in [0, 0.1) is 5.92 Å². The van der Waals surface area contributed by atoms with E-state index in [-0.39, 0.29) is 24.2 Å². The molecule has 0 bridgehead atoms. The third-order valence-corrected chi connectivity index (χ3v) is 6.41. The van der Waals surface area contributed by atoms with Crippen LogP contribution in [0.4, 0.5) is 0 Å². The van der Waals surface area contributed by atoms with Crippen molar-refractivity contribution in [2.75, 3.05) is 0 Å². The SMILES string of the molecule is O=C(C1=CNN(C(=O)c2cccc(Cn3c(=O)[nH]c(=O)c4ccccc43)c2)C=C1)C1CCCC1. The maximum absolute atomic E-state index is 13.0. The highest BCUT2D eigenvalue weighted by Gasteiger charge is 2.26. The Balaban J connectivity index is 1.34. The first kappa shape index (κ1) is 21.6. The Labute approximate surface area is 195 Å². The minimum atomic E-state index is -0.509. The molecule has 34 heavy (non-hydrogen) atoms. The summed E-state index contributed by atoms with van der Waals surface area (Å²) >= 11 is 0. The summed E-state index contributed by atoms with van der Waals surface area (Å²) in [6.07, 6.45) is 8.84. The standard InChI is InChI=1S/C26H24N4O4/c31-23(18-7-1-2-8-18)20-12-13-30(27-15-20)25(33)19-9-5-6-17(14-19)16-29-22-11-4-3-10-21(22)24(32)28-26(29)34/h3-6,9-15,18,27H,1-2,7-8,16H2,(H,28,32,34). The van der Waals surface area contributed by atoms with Gasteiger partial charge in [0.05, 0.1) is 17.4 Å². The number of rotatable bonds is 5. The molecule has 0 atom stereocenters. The van der Waals surface area contributed by atoms with E-state index in [9.17, 15) is 19.2 Å². The number of nitrogens with one attached hydrogen (secondary N) is 2. The third-order valence-electron chi connectivity index (χ3n) is 6.41. The molecule has 0 saturated heterocycles. The Morgan fingerprint density at radius 2 is 1.79 bits per heavy atom. The van der Waals surface area contributed by atoms with Gasteiger partial charge >= 0.3 is 5.69 Å². The van der Waals surface area contributed by atoms with Crippen LogP contribution in [0.15, 0.2) is 82.2 Å². The average Bonchev–Trinajstić information content (AvgIpc) is 3.41. The number of benzene rings is 2. The van der Waals surface area contributed by atoms with Gasteiger partial charge in [0.15, 0.2) is 5.78 Å². The molecule has 0 radical (unpaired) electrons. The molecule has 2 heterocycles. The number of H-pyrrole nitrogens is 1. The lowest BCUT2D eigenvalue weighted by Gasteiger charge is -2.23. The van der Waals surface area contributed by atoms with E-state index in [2.05, 4.69) is 10.4 Å². The van der Waals surface area contributed by atoms with Crippen molar-refractivity contribution in [3.8, 4) is 0 Å². The van der Waals surface area contributed by atoms with E-state index < -0.39 is 11.2 Å². The first-order valence-electron chi connectivity index (χ1n) is 11.3. The molecule has 1 amide bonds. The van der Waals surface area contributed by atoms with Crippen LogP contribution in [0.5, 0.6) is 0 Å². The number of amides is 1. The monoisotopic (exact) mass is 456 g/mol. The highest BCUT2D eigenvalue weighted by atomic mass is 16.2. The van der Waals surface area contributed by atoms with Crippen LogP contribution >= 0.6 is 0 Å². The predicted octanol–water partition coefficient (Wildman–Crippen LogP) is 2.86. The summed E-state index contributed by atoms with van der Waals surface area (Å²) in [5.41, 5.74) is 4.23. The molecule has 1 aromatic heterocycles. The van der Waals surface area contributed by atoms with Crippen LogP contribution < -0.4 is 16.7 Å². The number of aromatic amines is 1. The van der Waals surface area contributed by atoms with E-state index in [1.54, 1.807) is 60.9 Å². The van der Waals surface area contributed by atoms with Gasteiger partial charge < -0.3 is 0 Å². The molecule has 2 aliphatic rings. The summed E-state index contributed by atoms with van der Waals surface area (Å²) in [5, 5.41) is 1.75. The van der Waals surface area contributed by atoms with Crippen molar-refractivity contribution in [2.45, 2.75) is 32.2 Å². The van der Waals surface area contributed by atoms with Gasteiger partial charge in [-0.15, -0.1) is 0 Å². The van der Waals surface area contributed by atoms with E-state index in [1.165, 1.54) is 9.58 Å². The quantitative estimate of drug-likeness (QED) is 0.614. The van der Waals surface area contributed by atoms with E-state index in [4.69, 9.17) is 0 Å². The second-order valence-electron chi connectivity index (χ2n) is 8.63. The number of para-hydroxylation sites is 1. The van der Waals surface area contributed by atoms with Crippen molar-refractivity contribution in [1.29, 1.82) is 0 Å². The Morgan fingerprint density at radius 1 is 1.00 bits per heavy atom. The van der Waals surface area contributed by atoms with Crippen LogP contribution in [-0.2, 0) is 11.3 Å². The smallest absolute Gasteiger partial charge is 0.298 e. The Morgan fingerprint density at radius 3 is 2.56 bits per heavy atom. The first-order valence-corrected chi connectivity index (χ1v) is 11.3. The third kappa shape index (κ3) is 4.10. The highest BCUT2D eigenvalue weighted by Crippen LogP contribution is 2.28. The average molecular weight is 457 g/mol. The van der Waals surface area contributed by atoms with Gasteiger partial charge in [-0.1, -0.05) is 37.1 Å². The summed E-state index contributed by atoms with van der Waals surface area (Å²) < 4.78 is 1.48. The molecule has 1 fully saturated rings. The zero-order valence-corrected chi connectivity index (χ0v) is 18.5. The van der Waals surface area contributed by atoms with E-state index >= 15 is 0 Å². The molecule has 172 valence electrons. The van der Waals surface area contributed by atoms with Gasteiger partial charge in [-0.3, -0.25) is 29.4 Å². The minimum Gasteiger partial charge on any atom is -0.298 e. The van der Waals surface area contributed by atoms with E-state index in [1.807, 2.05) is 6.07 Å². The van der Waals surface area contributed by atoms with Crippen molar-refractivity contribution < 1.29 is 9.59 Å². The second-order valence-corrected chi connectivity index (χ2v) is 8.63. The van der Waals surface area contributed by atoms with Crippen LogP contribution in [-0.4, -0.2) is 26.3 Å². The topological polar surface area (TPSA) is 104 Å². The van der Waals surface area contributed by atoms with Gasteiger partial charge in [-0.25, -0.2) is 9.80 Å². The predicted molar refractivity (Wildman–Crippen MR) is 128 cm³/mol. The first-order chi connectivity index (χ1) is 16.5. The number of hydrogen-bond acceptors (Lipinski definition) is 5. The van der Waals surface area contributed by atoms with Crippen molar-refractivity contribution in [1.82, 2.24) is 20.0 Å². The second kappa shape index (κ2) is 8.97. The van der Waals surface area contributed by atoms with Gasteiger partial charge in [-0.2, -0.15) is 0 Å². The van der Waals surface area contributed by atoms with Gasteiger partial charge in [0.2, 0.25) is 0 Å². The molecule has 8 nitrogen and oxygen atoms in total. The molecular formula is C26H24N4O4. The molecule has 3 aromatic rings. The molecule has 2 N–H and O–H groups in total. The number of carbonyl (C=O) groups is 2. The van der Waals surface area contributed by atoms with E-state index in [0.717, 1.165) is 31.2 Å². The summed E-state index contributed by atoms with van der Waals surface area (Å²) in [6.45, 7) is 0.195. The number of hydrogen-bond donors (Lipinski definition) is 2. The lowest BCUT2D eigenvalue weighted by molar-refractivity contribution is -0.118. The fourth-order valence-electron chi connectivity index (χ4n) is 4.61. The number of allylic oxidation sites excluding steroid dienone is 2. The maximum atomic E-state index is 13.0. The number of nitrogens with zero attached hydrogens (tertiary/aromatic N) is 2. The highest BCUT2D eigenvalue weighted by molar-refractivity contribution is 6.01. The number of aromatic nitrogens is 2. The molecule has 2 aromatic carbocycles. The molecule has 8 heteroatoms. The summed E-state index contributed by atoms with van der Waals surface area (Å²) in [6, 6.07) is 13.9. The Hall–Kier alpha value is -4.20. The molecule has 1 aliphatic heterocycles. The molecule has 0 unspecified atom stereocenters. The van der Waals surface area contributed by atoms with Crippen LogP contribution in [0.2, 0.25) is 0 Å². The minimum absolute atomic E-state index is 0.0732. The fourth-order valence-corrected chi connectivity index (χ4v) is 4.61. The number of hydrazine groups is 1. The molecule has 1 aliphatic carbocycles. The summed E-state index contributed by atoms with van der Waals surface area (Å²) in [7, 11) is 0. The molecule has 1 saturated carbocycles. The van der Waals surface area contributed by atoms with Gasteiger partial charge in [0.25, 0.3) is 11.5 Å². The normalized spacial score (nSPS) is 15.9. The summed E-state index contributed by atoms with van der Waals surface area (Å²) in [5.74, 6) is -0.0987. The van der Waals surface area contributed by atoms with Crippen LogP contribution in [0.3, 0.4) is 0 Å². The van der Waals surface area contributed by atoms with Crippen LogP contribution in [0.25, 0.3) is 10.9 Å². The number of Topliss-reactive ketones (excluding diaryl/α,β-unsaturated/α-hetero) is 1. The lowest BCUT2D eigenvalue weighted by Crippen LogP contribution is -2.38. The zero-order chi connectivity index (χ0) is 23.7. The maximum Gasteiger partial charge on any atom is 0.329 e. The zero-order valence-electron chi connectivity index (χ0n) is 18.5. The van der Waals surface area contributed by atoms with Crippen molar-refractivity contribution >= 4 is 22.6 Å². The Kier molecular flexibility index (Phi) is 5.71. The number of fused-ring (bicyclic) bond motifs is 1. The fraction of sp³-hybridized carbons (Fsp3) is 0.231. The summed E-state index contributed by atoms with van der Waals surface area (Å²) in [4.78, 5) is 52.6. The van der Waals surface area contributed by atoms with Crippen molar-refractivity contribution in [3.05, 3.63) is 105 Å². The van der Waals surface area contributed by atoms with Crippen molar-refractivity contribution in [2.24, 2.45) is 5.92 Å². The van der Waals surface area contributed by atoms with Gasteiger partial charge in [-0.05, 0) is 48.7 Å². The van der Waals surface area contributed by atoms with Gasteiger partial charge in [0, 0.05) is 29.5 Å². The Bertz CT molecular complexity index is 1460. The van der Waals surface area contributed by atoms with Gasteiger partial charge in [0.1, 0.15) is 0 Å². The number of ketones is 1. The van der Waals surface area contributed by atoms with Crippen molar-refractivity contribution in [3.63, 3.8) is 0 Å². The lowest BCUT2D eigenvalue weighted by atomic mass is 9.96. The molecule has 0 spiro atoms. The molecule has 5 rings (SSSR count). The van der Waals surface area contributed by atoms with E-state index in [0.29, 0.717) is 22.0 Å².